The Balaban J connectivity index is 1.28. The lowest BCUT2D eigenvalue weighted by molar-refractivity contribution is -0.184. The highest BCUT2D eigenvalue weighted by molar-refractivity contribution is 5.74. The maximum Gasteiger partial charge on any atom is 0.409 e. The average Bonchev–Trinajstić information content (AvgIpc) is 3.36. The summed E-state index contributed by atoms with van der Waals surface area (Å²) in [6.45, 7) is 3.06. The fraction of sp³-hybridized carbons (Fsp3) is 0.379. The van der Waals surface area contributed by atoms with Crippen molar-refractivity contribution >= 4 is 28.9 Å². The second-order valence-electron chi connectivity index (χ2n) is 11.1. The summed E-state index contributed by atoms with van der Waals surface area (Å²) in [6, 6.07) is 6.69. The molecule has 0 aliphatic carbocycles. The molecule has 12 nitrogen and oxygen atoms in total. The minimum absolute atomic E-state index is 0.0246. The number of fused-ring (bicyclic) bond motifs is 1. The fourth-order valence-electron chi connectivity index (χ4n) is 5.98. The number of aromatic nitrogens is 4. The maximum absolute atomic E-state index is 15.2. The first-order chi connectivity index (χ1) is 20.6. The van der Waals surface area contributed by atoms with Gasteiger partial charge in [0.25, 0.3) is 0 Å². The number of benzene rings is 1. The Kier molecular flexibility index (Phi) is 7.36. The van der Waals surface area contributed by atoms with Crippen LogP contribution in [0.5, 0.6) is 0 Å². The first-order valence-electron chi connectivity index (χ1n) is 13.8. The SMILES string of the molecule is COC(=O)N(C)C1C(C)CN(c2ccncc2Nc2ncc3ccc(-c4c(F)cc(C5(O)COC5)cc4F)nn23)CC1N. The number of hydrogen-bond acceptors (Lipinski definition) is 10. The molecule has 0 spiro atoms. The molecule has 4 aromatic rings. The molecule has 3 aromatic heterocycles. The Bertz CT molecular complexity index is 1640. The molecule has 5 heterocycles. The number of methoxy groups -OCH3 is 1. The molecule has 4 N–H and O–H groups in total. The van der Waals surface area contributed by atoms with Crippen LogP contribution in [0.1, 0.15) is 12.5 Å². The van der Waals surface area contributed by atoms with Crippen molar-refractivity contribution in [3.8, 4) is 11.3 Å². The molecule has 1 aromatic carbocycles. The number of imidazole rings is 1. The van der Waals surface area contributed by atoms with Gasteiger partial charge in [-0.05, 0) is 41.8 Å². The lowest BCUT2D eigenvalue weighted by atomic mass is 9.89. The number of halogens is 2. The van der Waals surface area contributed by atoms with E-state index in [-0.39, 0.29) is 48.0 Å². The van der Waals surface area contributed by atoms with Crippen molar-refractivity contribution in [2.24, 2.45) is 11.7 Å². The summed E-state index contributed by atoms with van der Waals surface area (Å²) < 4.78 is 41.8. The van der Waals surface area contributed by atoms with Crippen LogP contribution in [0.2, 0.25) is 0 Å². The van der Waals surface area contributed by atoms with E-state index < -0.39 is 23.3 Å². The lowest BCUT2D eigenvalue weighted by Crippen LogP contribution is -2.62. The van der Waals surface area contributed by atoms with Crippen molar-refractivity contribution in [1.29, 1.82) is 0 Å². The number of anilines is 3. The number of carbonyl (C=O) groups excluding carboxylic acids is 1. The summed E-state index contributed by atoms with van der Waals surface area (Å²) in [5.74, 6) is -1.36. The summed E-state index contributed by atoms with van der Waals surface area (Å²) in [5.41, 5.74) is 7.03. The Morgan fingerprint density at radius 3 is 2.60 bits per heavy atom. The van der Waals surface area contributed by atoms with Crippen LogP contribution in [0.25, 0.3) is 16.8 Å². The quantitative estimate of drug-likeness (QED) is 0.305. The first kappa shape index (κ1) is 28.7. The number of hydrogen-bond donors (Lipinski definition) is 3. The third-order valence-electron chi connectivity index (χ3n) is 8.16. The summed E-state index contributed by atoms with van der Waals surface area (Å²) >= 11 is 0. The predicted molar refractivity (Wildman–Crippen MR) is 154 cm³/mol. The van der Waals surface area contributed by atoms with Gasteiger partial charge in [0, 0.05) is 32.4 Å². The van der Waals surface area contributed by atoms with Crippen LogP contribution in [0.3, 0.4) is 0 Å². The van der Waals surface area contributed by atoms with Crippen LogP contribution in [-0.4, -0.2) is 88.2 Å². The number of pyridine rings is 1. The normalized spacial score (nSPS) is 21.4. The molecule has 6 rings (SSSR count). The standard InChI is InChI=1S/C29H32F2N8O4/c1-16-12-38(13-21(32)26(16)37(2)28(40)42-3)24-6-7-33-11-23(24)35-27-34-10-18-4-5-22(36-39(18)27)25-19(30)8-17(9-20(25)31)29(41)14-43-15-29/h4-11,16,21,26,41H,12-15,32H2,1-3H3,(H,34,35). The molecule has 3 atom stereocenters. The van der Waals surface area contributed by atoms with Gasteiger partial charge in [0.15, 0.2) is 0 Å². The van der Waals surface area contributed by atoms with E-state index in [0.29, 0.717) is 30.2 Å². The molecule has 2 aliphatic heterocycles. The molecular formula is C29H32F2N8O4. The molecule has 2 fully saturated rings. The van der Waals surface area contributed by atoms with Gasteiger partial charge in [-0.25, -0.2) is 18.6 Å². The smallest absolute Gasteiger partial charge is 0.409 e. The molecule has 2 aliphatic rings. The van der Waals surface area contributed by atoms with E-state index >= 15 is 8.78 Å². The monoisotopic (exact) mass is 594 g/mol. The second-order valence-corrected chi connectivity index (χ2v) is 11.1. The molecule has 1 amide bonds. The molecule has 2 saturated heterocycles. The number of aliphatic hydroxyl groups is 1. The summed E-state index contributed by atoms with van der Waals surface area (Å²) in [6.07, 6.45) is 4.47. The van der Waals surface area contributed by atoms with Crippen LogP contribution in [0.15, 0.2) is 48.9 Å². The Morgan fingerprint density at radius 1 is 1.21 bits per heavy atom. The zero-order chi connectivity index (χ0) is 30.5. The minimum Gasteiger partial charge on any atom is -0.453 e. The highest BCUT2D eigenvalue weighted by Gasteiger charge is 2.40. The highest BCUT2D eigenvalue weighted by Crippen LogP contribution is 2.35. The number of ether oxygens (including phenoxy) is 2. The number of likely N-dealkylation sites (N-methyl/N-ethyl adjacent to an activating group) is 1. The number of piperidine rings is 1. The van der Waals surface area contributed by atoms with Gasteiger partial charge in [-0.2, -0.15) is 9.61 Å². The number of nitrogens with one attached hydrogen (secondary N) is 1. The molecule has 0 saturated carbocycles. The largest absolute Gasteiger partial charge is 0.453 e. The zero-order valence-electron chi connectivity index (χ0n) is 23.9. The van der Waals surface area contributed by atoms with Crippen molar-refractivity contribution in [3.05, 3.63) is 66.1 Å². The van der Waals surface area contributed by atoms with E-state index in [1.54, 1.807) is 36.6 Å². The Hall–Kier alpha value is -4.40. The topological polar surface area (TPSA) is 143 Å². The predicted octanol–water partition coefficient (Wildman–Crippen LogP) is 2.88. The van der Waals surface area contributed by atoms with Gasteiger partial charge in [0.05, 0.1) is 66.9 Å². The van der Waals surface area contributed by atoms with Crippen molar-refractivity contribution in [2.75, 3.05) is 50.7 Å². The van der Waals surface area contributed by atoms with Gasteiger partial charge in [0.1, 0.15) is 17.2 Å². The number of carbonyl (C=O) groups is 1. The van der Waals surface area contributed by atoms with E-state index in [0.717, 1.165) is 17.8 Å². The first-order valence-corrected chi connectivity index (χ1v) is 13.8. The van der Waals surface area contributed by atoms with Gasteiger partial charge >= 0.3 is 6.09 Å². The number of nitrogens with two attached hydrogens (primary N) is 1. The van der Waals surface area contributed by atoms with Crippen molar-refractivity contribution < 1.29 is 28.2 Å². The van der Waals surface area contributed by atoms with Crippen molar-refractivity contribution in [2.45, 2.75) is 24.6 Å². The third kappa shape index (κ3) is 5.11. The lowest BCUT2D eigenvalue weighted by Gasteiger charge is -2.45. The third-order valence-corrected chi connectivity index (χ3v) is 8.16. The van der Waals surface area contributed by atoms with Gasteiger partial charge in [0.2, 0.25) is 5.95 Å². The molecule has 226 valence electrons. The molecule has 43 heavy (non-hydrogen) atoms. The molecular weight excluding hydrogens is 562 g/mol. The van der Waals surface area contributed by atoms with Gasteiger partial charge < -0.3 is 35.4 Å². The maximum atomic E-state index is 15.2. The van der Waals surface area contributed by atoms with Gasteiger partial charge in [-0.1, -0.05) is 6.92 Å². The summed E-state index contributed by atoms with van der Waals surface area (Å²) in [5, 5.41) is 18.2. The van der Waals surface area contributed by atoms with Crippen molar-refractivity contribution in [1.82, 2.24) is 24.5 Å². The van der Waals surface area contributed by atoms with E-state index in [1.807, 2.05) is 13.0 Å². The van der Waals surface area contributed by atoms with Gasteiger partial charge in [-0.15, -0.1) is 0 Å². The van der Waals surface area contributed by atoms with E-state index in [9.17, 15) is 9.90 Å². The molecule has 14 heteroatoms. The average molecular weight is 595 g/mol. The van der Waals surface area contributed by atoms with Crippen LogP contribution in [0.4, 0.5) is 30.9 Å². The fourth-order valence-corrected chi connectivity index (χ4v) is 5.98. The van der Waals surface area contributed by atoms with E-state index in [1.165, 1.54) is 17.7 Å². The Labute approximate surface area is 246 Å². The van der Waals surface area contributed by atoms with E-state index in [4.69, 9.17) is 15.2 Å². The van der Waals surface area contributed by atoms with Crippen LogP contribution >= 0.6 is 0 Å². The second kappa shape index (κ2) is 11.0. The van der Waals surface area contributed by atoms with Crippen molar-refractivity contribution in [3.63, 3.8) is 0 Å². The molecule has 0 bridgehead atoms. The van der Waals surface area contributed by atoms with Crippen LogP contribution < -0.4 is 16.0 Å². The summed E-state index contributed by atoms with van der Waals surface area (Å²) in [7, 11) is 3.03. The van der Waals surface area contributed by atoms with E-state index in [2.05, 4.69) is 25.3 Å². The number of amides is 1. The summed E-state index contributed by atoms with van der Waals surface area (Å²) in [4.78, 5) is 24.5. The number of rotatable bonds is 6. The molecule has 3 unspecified atom stereocenters. The van der Waals surface area contributed by atoms with Crippen LogP contribution in [-0.2, 0) is 15.1 Å². The minimum atomic E-state index is -1.41. The van der Waals surface area contributed by atoms with Gasteiger partial charge in [-0.3, -0.25) is 4.98 Å². The zero-order valence-corrected chi connectivity index (χ0v) is 23.9. The molecule has 0 radical (unpaired) electrons. The van der Waals surface area contributed by atoms with Crippen LogP contribution in [0, 0.1) is 17.6 Å². The Morgan fingerprint density at radius 2 is 1.95 bits per heavy atom. The highest BCUT2D eigenvalue weighted by atomic mass is 19.1. The number of nitrogens with zero attached hydrogens (tertiary/aromatic N) is 6.